The van der Waals surface area contributed by atoms with Crippen LogP contribution in [0.1, 0.15) is 24.9 Å². The van der Waals surface area contributed by atoms with Gasteiger partial charge in [0.25, 0.3) is 0 Å². The number of nitrogens with one attached hydrogen (secondary N) is 1. The van der Waals surface area contributed by atoms with Crippen LogP contribution < -0.4 is 14.8 Å². The fourth-order valence-corrected chi connectivity index (χ4v) is 2.78. The van der Waals surface area contributed by atoms with Crippen molar-refractivity contribution in [2.45, 2.75) is 32.0 Å². The minimum atomic E-state index is 0.294. The average Bonchev–Trinajstić information content (AvgIpc) is 3.00. The molecule has 2 unspecified atom stereocenters. The summed E-state index contributed by atoms with van der Waals surface area (Å²) in [5.41, 5.74) is 1.18. The molecule has 0 bridgehead atoms. The van der Waals surface area contributed by atoms with Crippen LogP contribution in [0.4, 0.5) is 0 Å². The van der Waals surface area contributed by atoms with Gasteiger partial charge in [-0.15, -0.1) is 0 Å². The SMILES string of the molecule is COc1ccc2c(c1)C(NC(C)Cn1ccnc1)CCO2. The van der Waals surface area contributed by atoms with Crippen molar-refractivity contribution in [3.63, 3.8) is 0 Å². The molecular weight excluding hydrogens is 266 g/mol. The number of fused-ring (bicyclic) bond motifs is 1. The molecule has 0 saturated heterocycles. The second-order valence-corrected chi connectivity index (χ2v) is 5.42. The summed E-state index contributed by atoms with van der Waals surface area (Å²) in [4.78, 5) is 4.08. The molecule has 2 heterocycles. The third-order valence-electron chi connectivity index (χ3n) is 3.79. The van der Waals surface area contributed by atoms with Gasteiger partial charge >= 0.3 is 0 Å². The number of nitrogens with zero attached hydrogens (tertiary/aromatic N) is 2. The number of methoxy groups -OCH3 is 1. The number of imidazole rings is 1. The molecule has 1 aliphatic rings. The van der Waals surface area contributed by atoms with Gasteiger partial charge in [-0.2, -0.15) is 0 Å². The Morgan fingerprint density at radius 3 is 3.19 bits per heavy atom. The van der Waals surface area contributed by atoms with Crippen LogP contribution in [-0.4, -0.2) is 29.3 Å². The molecule has 1 aromatic carbocycles. The fraction of sp³-hybridized carbons (Fsp3) is 0.438. The van der Waals surface area contributed by atoms with E-state index >= 15 is 0 Å². The van der Waals surface area contributed by atoms with Crippen LogP contribution in [0.3, 0.4) is 0 Å². The van der Waals surface area contributed by atoms with E-state index in [-0.39, 0.29) is 0 Å². The molecule has 0 amide bonds. The molecule has 1 aromatic heterocycles. The molecule has 112 valence electrons. The fourth-order valence-electron chi connectivity index (χ4n) is 2.78. The highest BCUT2D eigenvalue weighted by atomic mass is 16.5. The van der Waals surface area contributed by atoms with Gasteiger partial charge in [-0.05, 0) is 25.1 Å². The largest absolute Gasteiger partial charge is 0.497 e. The third kappa shape index (κ3) is 3.19. The first-order valence-electron chi connectivity index (χ1n) is 7.29. The van der Waals surface area contributed by atoms with Crippen LogP contribution in [0.5, 0.6) is 11.5 Å². The number of aromatic nitrogens is 2. The first-order valence-corrected chi connectivity index (χ1v) is 7.29. The summed E-state index contributed by atoms with van der Waals surface area (Å²) >= 11 is 0. The molecule has 3 rings (SSSR count). The Balaban J connectivity index is 1.72. The highest BCUT2D eigenvalue weighted by Crippen LogP contribution is 2.35. The number of rotatable bonds is 5. The normalized spacial score (nSPS) is 18.7. The Morgan fingerprint density at radius 2 is 2.43 bits per heavy atom. The molecule has 0 saturated carbocycles. The van der Waals surface area contributed by atoms with Crippen LogP contribution in [0, 0.1) is 0 Å². The lowest BCUT2D eigenvalue weighted by atomic mass is 9.99. The first-order chi connectivity index (χ1) is 10.3. The molecule has 5 heteroatoms. The highest BCUT2D eigenvalue weighted by Gasteiger charge is 2.23. The van der Waals surface area contributed by atoms with Crippen molar-refractivity contribution >= 4 is 0 Å². The molecule has 0 spiro atoms. The van der Waals surface area contributed by atoms with Crippen molar-refractivity contribution in [1.82, 2.24) is 14.9 Å². The zero-order valence-corrected chi connectivity index (χ0v) is 12.5. The number of hydrogen-bond donors (Lipinski definition) is 1. The van der Waals surface area contributed by atoms with Crippen LogP contribution in [0.25, 0.3) is 0 Å². The van der Waals surface area contributed by atoms with Crippen molar-refractivity contribution < 1.29 is 9.47 Å². The zero-order valence-electron chi connectivity index (χ0n) is 12.5. The molecule has 0 aliphatic carbocycles. The Morgan fingerprint density at radius 1 is 1.52 bits per heavy atom. The van der Waals surface area contributed by atoms with E-state index in [1.807, 2.05) is 24.7 Å². The third-order valence-corrected chi connectivity index (χ3v) is 3.79. The Labute approximate surface area is 124 Å². The first kappa shape index (κ1) is 13.9. The molecule has 5 nitrogen and oxygen atoms in total. The quantitative estimate of drug-likeness (QED) is 0.917. The van der Waals surface area contributed by atoms with Crippen LogP contribution in [-0.2, 0) is 6.54 Å². The standard InChI is InChI=1S/C16H21N3O2/c1-12(10-19-7-6-17-11-19)18-15-5-8-21-16-4-3-13(20-2)9-14(15)16/h3-4,6-7,9,11-12,15,18H,5,8,10H2,1-2H3. The maximum absolute atomic E-state index is 5.73. The van der Waals surface area contributed by atoms with Gasteiger partial charge in [0.2, 0.25) is 0 Å². The number of hydrogen-bond acceptors (Lipinski definition) is 4. The molecule has 0 radical (unpaired) electrons. The predicted octanol–water partition coefficient (Wildman–Crippen LogP) is 2.39. The second-order valence-electron chi connectivity index (χ2n) is 5.42. The zero-order chi connectivity index (χ0) is 14.7. The smallest absolute Gasteiger partial charge is 0.124 e. The molecule has 2 atom stereocenters. The summed E-state index contributed by atoms with van der Waals surface area (Å²) in [6.45, 7) is 3.83. The van der Waals surface area contributed by atoms with Crippen LogP contribution in [0.2, 0.25) is 0 Å². The van der Waals surface area contributed by atoms with E-state index in [4.69, 9.17) is 9.47 Å². The number of ether oxygens (including phenoxy) is 2. The van der Waals surface area contributed by atoms with Gasteiger partial charge in [0.1, 0.15) is 11.5 Å². The van der Waals surface area contributed by atoms with Crippen LogP contribution in [0.15, 0.2) is 36.9 Å². The molecule has 2 aromatic rings. The minimum Gasteiger partial charge on any atom is -0.497 e. The van der Waals surface area contributed by atoms with E-state index in [1.165, 1.54) is 5.56 Å². The maximum Gasteiger partial charge on any atom is 0.124 e. The summed E-state index contributed by atoms with van der Waals surface area (Å²) in [6.07, 6.45) is 6.61. The summed E-state index contributed by atoms with van der Waals surface area (Å²) in [5, 5.41) is 3.68. The number of benzene rings is 1. The molecule has 0 fully saturated rings. The second kappa shape index (κ2) is 6.18. The average molecular weight is 287 g/mol. The van der Waals surface area contributed by atoms with E-state index < -0.39 is 0 Å². The lowest BCUT2D eigenvalue weighted by Crippen LogP contribution is -2.36. The predicted molar refractivity (Wildman–Crippen MR) is 80.7 cm³/mol. The molecule has 1 aliphatic heterocycles. The lowest BCUT2D eigenvalue weighted by Gasteiger charge is -2.29. The van der Waals surface area contributed by atoms with E-state index in [1.54, 1.807) is 13.3 Å². The van der Waals surface area contributed by atoms with E-state index in [2.05, 4.69) is 27.9 Å². The van der Waals surface area contributed by atoms with Gasteiger partial charge in [-0.25, -0.2) is 4.98 Å². The lowest BCUT2D eigenvalue weighted by molar-refractivity contribution is 0.241. The molecular formula is C16H21N3O2. The monoisotopic (exact) mass is 287 g/mol. The Bertz CT molecular complexity index is 583. The van der Waals surface area contributed by atoms with E-state index in [0.717, 1.165) is 31.1 Å². The summed E-state index contributed by atoms with van der Waals surface area (Å²) in [6, 6.07) is 6.64. The molecule has 21 heavy (non-hydrogen) atoms. The summed E-state index contributed by atoms with van der Waals surface area (Å²) in [7, 11) is 1.69. The Kier molecular flexibility index (Phi) is 4.10. The highest BCUT2D eigenvalue weighted by molar-refractivity contribution is 5.43. The van der Waals surface area contributed by atoms with E-state index in [0.29, 0.717) is 12.1 Å². The van der Waals surface area contributed by atoms with E-state index in [9.17, 15) is 0 Å². The van der Waals surface area contributed by atoms with Crippen molar-refractivity contribution in [2.75, 3.05) is 13.7 Å². The molecule has 1 N–H and O–H groups in total. The van der Waals surface area contributed by atoms with Crippen molar-refractivity contribution in [3.8, 4) is 11.5 Å². The van der Waals surface area contributed by atoms with Crippen molar-refractivity contribution in [1.29, 1.82) is 0 Å². The van der Waals surface area contributed by atoms with Gasteiger partial charge < -0.3 is 19.4 Å². The van der Waals surface area contributed by atoms with Gasteiger partial charge in [-0.3, -0.25) is 0 Å². The minimum absolute atomic E-state index is 0.294. The van der Waals surface area contributed by atoms with Gasteiger partial charge in [0.15, 0.2) is 0 Å². The van der Waals surface area contributed by atoms with Crippen LogP contribution >= 0.6 is 0 Å². The van der Waals surface area contributed by atoms with Gasteiger partial charge in [-0.1, -0.05) is 0 Å². The summed E-state index contributed by atoms with van der Waals surface area (Å²) < 4.78 is 13.1. The van der Waals surface area contributed by atoms with Gasteiger partial charge in [0, 0.05) is 43.0 Å². The maximum atomic E-state index is 5.73. The summed E-state index contributed by atoms with van der Waals surface area (Å²) in [5.74, 6) is 1.82. The Hall–Kier alpha value is -2.01. The van der Waals surface area contributed by atoms with Crippen molar-refractivity contribution in [3.05, 3.63) is 42.5 Å². The topological polar surface area (TPSA) is 48.3 Å². The van der Waals surface area contributed by atoms with Crippen molar-refractivity contribution in [2.24, 2.45) is 0 Å². The van der Waals surface area contributed by atoms with Gasteiger partial charge in [0.05, 0.1) is 20.0 Å².